The molecule has 0 fully saturated rings. The van der Waals surface area contributed by atoms with Gasteiger partial charge in [0.15, 0.2) is 0 Å². The van der Waals surface area contributed by atoms with E-state index in [9.17, 15) is 8.42 Å². The molecule has 0 bridgehead atoms. The van der Waals surface area contributed by atoms with Gasteiger partial charge in [0.05, 0.1) is 5.75 Å². The molecular formula is C9H20ClNO2S. The molecule has 1 atom stereocenters. The first-order valence-corrected chi connectivity index (χ1v) is 6.91. The van der Waals surface area contributed by atoms with E-state index in [0.717, 1.165) is 0 Å². The second kappa shape index (κ2) is 5.33. The molecule has 0 aliphatic rings. The highest BCUT2D eigenvalue weighted by molar-refractivity contribution is 7.89. The fraction of sp³-hybridized carbons (Fsp3) is 1.00. The topological polar surface area (TPSA) is 46.2 Å². The Labute approximate surface area is 92.3 Å². The maximum Gasteiger partial charge on any atom is 0.212 e. The van der Waals surface area contributed by atoms with Gasteiger partial charge in [0.1, 0.15) is 0 Å². The quantitative estimate of drug-likeness (QED) is 0.747. The Balaban J connectivity index is 4.07. The van der Waals surface area contributed by atoms with E-state index in [-0.39, 0.29) is 17.0 Å². The van der Waals surface area contributed by atoms with E-state index in [0.29, 0.717) is 12.5 Å². The molecule has 0 aliphatic heterocycles. The highest BCUT2D eigenvalue weighted by Gasteiger charge is 2.21. The van der Waals surface area contributed by atoms with E-state index in [4.69, 9.17) is 11.6 Å². The molecule has 0 saturated carbocycles. The van der Waals surface area contributed by atoms with Crippen LogP contribution in [0.4, 0.5) is 0 Å². The van der Waals surface area contributed by atoms with Gasteiger partial charge in [0.2, 0.25) is 10.0 Å². The predicted molar refractivity (Wildman–Crippen MR) is 61.1 cm³/mol. The average Bonchev–Trinajstić information content (AvgIpc) is 1.98. The first kappa shape index (κ1) is 14.2. The summed E-state index contributed by atoms with van der Waals surface area (Å²) in [4.78, 5) is 0. The molecule has 0 heterocycles. The highest BCUT2D eigenvalue weighted by Crippen LogP contribution is 2.24. The number of hydrogen-bond donors (Lipinski definition) is 1. The fourth-order valence-corrected chi connectivity index (χ4v) is 2.19. The van der Waals surface area contributed by atoms with Gasteiger partial charge < -0.3 is 0 Å². The van der Waals surface area contributed by atoms with Gasteiger partial charge in [-0.1, -0.05) is 27.7 Å². The van der Waals surface area contributed by atoms with Crippen LogP contribution in [0, 0.1) is 11.3 Å². The van der Waals surface area contributed by atoms with Crippen molar-refractivity contribution in [2.45, 2.75) is 27.7 Å². The van der Waals surface area contributed by atoms with Crippen LogP contribution >= 0.6 is 11.6 Å². The van der Waals surface area contributed by atoms with E-state index < -0.39 is 10.0 Å². The van der Waals surface area contributed by atoms with Crippen molar-refractivity contribution in [3.63, 3.8) is 0 Å². The first-order chi connectivity index (χ1) is 6.19. The van der Waals surface area contributed by atoms with Crippen molar-refractivity contribution in [1.29, 1.82) is 0 Å². The zero-order chi connectivity index (χ0) is 11.4. The fourth-order valence-electron chi connectivity index (χ4n) is 0.732. The lowest BCUT2D eigenvalue weighted by Gasteiger charge is -2.27. The summed E-state index contributed by atoms with van der Waals surface area (Å²) in [5, 5.41) is 0. The molecule has 3 nitrogen and oxygen atoms in total. The number of nitrogens with one attached hydrogen (secondary N) is 1. The summed E-state index contributed by atoms with van der Waals surface area (Å²) in [7, 11) is -3.17. The van der Waals surface area contributed by atoms with Crippen molar-refractivity contribution < 1.29 is 8.42 Å². The van der Waals surface area contributed by atoms with Crippen LogP contribution < -0.4 is 4.72 Å². The van der Waals surface area contributed by atoms with Gasteiger partial charge in [-0.2, -0.15) is 0 Å². The molecule has 0 aromatic heterocycles. The largest absolute Gasteiger partial charge is 0.215 e. The molecule has 0 rings (SSSR count). The van der Waals surface area contributed by atoms with Gasteiger partial charge in [-0.15, -0.1) is 11.6 Å². The molecule has 1 N–H and O–H groups in total. The maximum atomic E-state index is 11.3. The molecule has 86 valence electrons. The Bertz CT molecular complexity index is 256. The third-order valence-corrected chi connectivity index (χ3v) is 4.19. The minimum atomic E-state index is -3.17. The van der Waals surface area contributed by atoms with Crippen molar-refractivity contribution >= 4 is 21.6 Å². The number of alkyl halides is 1. The number of rotatable bonds is 5. The summed E-state index contributed by atoms with van der Waals surface area (Å²) in [5.74, 6) is 0.428. The second-order valence-electron chi connectivity index (χ2n) is 4.62. The van der Waals surface area contributed by atoms with Crippen molar-refractivity contribution in [3.05, 3.63) is 0 Å². The van der Waals surface area contributed by atoms with Crippen LogP contribution in [-0.2, 0) is 10.0 Å². The van der Waals surface area contributed by atoms with E-state index in [1.807, 2.05) is 6.92 Å². The Morgan fingerprint density at radius 1 is 1.36 bits per heavy atom. The minimum Gasteiger partial charge on any atom is -0.215 e. The van der Waals surface area contributed by atoms with Crippen molar-refractivity contribution in [2.24, 2.45) is 11.3 Å². The van der Waals surface area contributed by atoms with Crippen LogP contribution in [0.25, 0.3) is 0 Å². The van der Waals surface area contributed by atoms with Crippen LogP contribution in [0.1, 0.15) is 27.7 Å². The standard InChI is InChI=1S/C9H20ClNO2S/c1-8(9(2,3)4)7-11-14(12,13)6-5-10/h8,11H,5-7H2,1-4H3. The van der Waals surface area contributed by atoms with Crippen LogP contribution in [0.5, 0.6) is 0 Å². The summed E-state index contributed by atoms with van der Waals surface area (Å²) < 4.78 is 25.1. The molecule has 0 aromatic rings. The molecule has 0 radical (unpaired) electrons. The van der Waals surface area contributed by atoms with E-state index in [1.165, 1.54) is 0 Å². The Morgan fingerprint density at radius 3 is 2.21 bits per heavy atom. The first-order valence-electron chi connectivity index (χ1n) is 4.72. The molecule has 0 saturated heterocycles. The lowest BCUT2D eigenvalue weighted by atomic mass is 9.82. The minimum absolute atomic E-state index is 0.00851. The van der Waals surface area contributed by atoms with E-state index in [2.05, 4.69) is 25.5 Å². The molecule has 0 amide bonds. The molecule has 1 unspecified atom stereocenters. The third kappa shape index (κ3) is 5.83. The monoisotopic (exact) mass is 241 g/mol. The van der Waals surface area contributed by atoms with Crippen LogP contribution in [0.3, 0.4) is 0 Å². The van der Waals surface area contributed by atoms with Gasteiger partial charge >= 0.3 is 0 Å². The smallest absolute Gasteiger partial charge is 0.212 e. The van der Waals surface area contributed by atoms with Crippen LogP contribution in [0.2, 0.25) is 0 Å². The molecule has 0 spiro atoms. The summed E-state index contributed by atoms with van der Waals surface area (Å²) in [5.41, 5.74) is 0.115. The van der Waals surface area contributed by atoms with E-state index in [1.54, 1.807) is 0 Å². The Morgan fingerprint density at radius 2 is 1.86 bits per heavy atom. The van der Waals surface area contributed by atoms with Gasteiger partial charge in [-0.05, 0) is 11.3 Å². The van der Waals surface area contributed by atoms with Crippen LogP contribution in [-0.4, -0.2) is 26.6 Å². The van der Waals surface area contributed by atoms with Gasteiger partial charge in [0, 0.05) is 12.4 Å². The van der Waals surface area contributed by atoms with Gasteiger partial charge in [0.25, 0.3) is 0 Å². The predicted octanol–water partition coefficient (Wildman–Crippen LogP) is 1.83. The molecule has 0 aliphatic carbocycles. The zero-order valence-corrected chi connectivity index (χ0v) is 10.9. The Hall–Kier alpha value is 0.200. The number of hydrogen-bond acceptors (Lipinski definition) is 2. The highest BCUT2D eigenvalue weighted by atomic mass is 35.5. The number of halogens is 1. The zero-order valence-electron chi connectivity index (χ0n) is 9.30. The van der Waals surface area contributed by atoms with Crippen LogP contribution in [0.15, 0.2) is 0 Å². The van der Waals surface area contributed by atoms with Gasteiger partial charge in [-0.3, -0.25) is 0 Å². The lowest BCUT2D eigenvalue weighted by molar-refractivity contribution is 0.263. The Kier molecular flexibility index (Phi) is 5.41. The van der Waals surface area contributed by atoms with Crippen molar-refractivity contribution in [1.82, 2.24) is 4.72 Å². The molecule has 0 aromatic carbocycles. The van der Waals surface area contributed by atoms with Crippen molar-refractivity contribution in [3.8, 4) is 0 Å². The third-order valence-electron chi connectivity index (χ3n) is 2.43. The summed E-state index contributed by atoms with van der Waals surface area (Å²) in [6.45, 7) is 8.78. The SMILES string of the molecule is CC(CNS(=O)(=O)CCCl)C(C)(C)C. The van der Waals surface area contributed by atoms with Gasteiger partial charge in [-0.25, -0.2) is 13.1 Å². The lowest BCUT2D eigenvalue weighted by Crippen LogP contribution is -2.35. The molecule has 14 heavy (non-hydrogen) atoms. The van der Waals surface area contributed by atoms with Crippen molar-refractivity contribution in [2.75, 3.05) is 18.2 Å². The summed E-state index contributed by atoms with van der Waals surface area (Å²) in [6, 6.07) is 0. The number of sulfonamides is 1. The van der Waals surface area contributed by atoms with E-state index >= 15 is 0 Å². The molecular weight excluding hydrogens is 222 g/mol. The maximum absolute atomic E-state index is 11.3. The average molecular weight is 242 g/mol. The summed E-state index contributed by atoms with van der Waals surface area (Å²) >= 11 is 5.37. The summed E-state index contributed by atoms with van der Waals surface area (Å²) in [6.07, 6.45) is 0. The second-order valence-corrected chi connectivity index (χ2v) is 6.93. The molecule has 5 heteroatoms. The normalized spacial score (nSPS) is 15.5.